The van der Waals surface area contributed by atoms with Crippen LogP contribution in [0, 0.1) is 25.2 Å². The van der Waals surface area contributed by atoms with Gasteiger partial charge in [-0.2, -0.15) is 0 Å². The van der Waals surface area contributed by atoms with Crippen molar-refractivity contribution in [2.45, 2.75) is 64.8 Å². The van der Waals surface area contributed by atoms with Crippen molar-refractivity contribution in [2.24, 2.45) is 11.3 Å². The summed E-state index contributed by atoms with van der Waals surface area (Å²) in [6, 6.07) is 15.7. The lowest BCUT2D eigenvalue weighted by Crippen LogP contribution is -2.50. The molecule has 6 nitrogen and oxygen atoms in total. The van der Waals surface area contributed by atoms with Crippen LogP contribution in [0.25, 0.3) is 0 Å². The number of thiocarbonyl (C=S) groups is 1. The second-order valence-corrected chi connectivity index (χ2v) is 12.0. The average Bonchev–Trinajstić information content (AvgIpc) is 3.32. The predicted molar refractivity (Wildman–Crippen MR) is 156 cm³/mol. The van der Waals surface area contributed by atoms with Gasteiger partial charge in [-0.1, -0.05) is 37.1 Å². The number of amides is 2. The quantitative estimate of drug-likeness (QED) is 0.523. The van der Waals surface area contributed by atoms with E-state index in [1.54, 1.807) is 0 Å². The van der Waals surface area contributed by atoms with E-state index in [0.29, 0.717) is 5.56 Å². The maximum absolute atomic E-state index is 13.7. The molecule has 0 aromatic heterocycles. The highest BCUT2D eigenvalue weighted by atomic mass is 32.1. The van der Waals surface area contributed by atoms with Crippen molar-refractivity contribution in [3.63, 3.8) is 0 Å². The summed E-state index contributed by atoms with van der Waals surface area (Å²) in [5.41, 5.74) is 4.33. The highest BCUT2D eigenvalue weighted by Gasteiger charge is 2.45. The molecule has 1 spiro atoms. The van der Waals surface area contributed by atoms with Crippen LogP contribution >= 0.6 is 12.2 Å². The van der Waals surface area contributed by atoms with E-state index in [1.807, 2.05) is 30.3 Å². The van der Waals surface area contributed by atoms with Gasteiger partial charge in [0.05, 0.1) is 5.92 Å². The predicted octanol–water partition coefficient (Wildman–Crippen LogP) is 5.30. The number of carbonyl (C=O) groups is 2. The molecule has 0 bridgehead atoms. The Hall–Kier alpha value is -2.93. The molecule has 2 heterocycles. The first kappa shape index (κ1) is 26.7. The van der Waals surface area contributed by atoms with E-state index >= 15 is 0 Å². The number of anilines is 1. The van der Waals surface area contributed by atoms with Crippen LogP contribution in [-0.2, 0) is 4.79 Å². The summed E-state index contributed by atoms with van der Waals surface area (Å²) < 4.78 is 0. The topological polar surface area (TPSA) is 64.7 Å². The summed E-state index contributed by atoms with van der Waals surface area (Å²) in [4.78, 5) is 30.9. The van der Waals surface area contributed by atoms with E-state index in [-0.39, 0.29) is 29.2 Å². The van der Waals surface area contributed by atoms with E-state index in [4.69, 9.17) is 12.2 Å². The molecule has 5 rings (SSSR count). The van der Waals surface area contributed by atoms with Crippen molar-refractivity contribution in [1.82, 2.24) is 15.1 Å². The number of aryl methyl sites for hydroxylation is 2. The lowest BCUT2D eigenvalue weighted by atomic mass is 9.77. The molecule has 0 unspecified atom stereocenters. The molecule has 202 valence electrons. The molecule has 2 atom stereocenters. The molecule has 3 fully saturated rings. The number of nitrogens with one attached hydrogen (secondary N) is 2. The van der Waals surface area contributed by atoms with Gasteiger partial charge in [0.25, 0.3) is 5.91 Å². The Balaban J connectivity index is 1.15. The molecule has 3 aliphatic rings. The molecule has 1 aliphatic carbocycles. The fraction of sp³-hybridized carbons (Fsp3) is 0.516. The summed E-state index contributed by atoms with van der Waals surface area (Å²) in [5, 5.41) is 7.41. The van der Waals surface area contributed by atoms with E-state index in [2.05, 4.69) is 52.5 Å². The first-order valence-corrected chi connectivity index (χ1v) is 14.5. The molecule has 2 saturated heterocycles. The number of hydrogen-bond donors (Lipinski definition) is 2. The minimum Gasteiger partial charge on any atom is -0.349 e. The largest absolute Gasteiger partial charge is 0.349 e. The summed E-state index contributed by atoms with van der Waals surface area (Å²) in [6.45, 7) is 7.68. The van der Waals surface area contributed by atoms with Crippen molar-refractivity contribution in [1.29, 1.82) is 0 Å². The summed E-state index contributed by atoms with van der Waals surface area (Å²) in [7, 11) is 0. The summed E-state index contributed by atoms with van der Waals surface area (Å²) in [5.74, 6) is 0.0292. The van der Waals surface area contributed by atoms with Crippen molar-refractivity contribution in [3.05, 3.63) is 65.2 Å². The van der Waals surface area contributed by atoms with Gasteiger partial charge >= 0.3 is 0 Å². The zero-order valence-electron chi connectivity index (χ0n) is 22.7. The molecule has 2 amide bonds. The lowest BCUT2D eigenvalue weighted by Gasteiger charge is -2.41. The monoisotopic (exact) mass is 532 g/mol. The summed E-state index contributed by atoms with van der Waals surface area (Å²) in [6.07, 6.45) is 6.97. The summed E-state index contributed by atoms with van der Waals surface area (Å²) >= 11 is 5.75. The maximum Gasteiger partial charge on any atom is 0.251 e. The molecule has 38 heavy (non-hydrogen) atoms. The number of piperidine rings is 1. The number of hydrogen-bond acceptors (Lipinski definition) is 3. The Bertz CT molecular complexity index is 1160. The average molecular weight is 533 g/mol. The van der Waals surface area contributed by atoms with Gasteiger partial charge in [-0.05, 0) is 99.0 Å². The Kier molecular flexibility index (Phi) is 8.03. The third-order valence-corrected chi connectivity index (χ3v) is 9.13. The second kappa shape index (κ2) is 11.4. The van der Waals surface area contributed by atoms with Crippen LogP contribution in [0.2, 0.25) is 0 Å². The van der Waals surface area contributed by atoms with Gasteiger partial charge in [0.15, 0.2) is 5.11 Å². The van der Waals surface area contributed by atoms with Crippen LogP contribution < -0.4 is 10.6 Å². The third-order valence-electron chi connectivity index (χ3n) is 8.77. The van der Waals surface area contributed by atoms with Gasteiger partial charge in [0, 0.05) is 43.5 Å². The fourth-order valence-electron chi connectivity index (χ4n) is 6.64. The van der Waals surface area contributed by atoms with Crippen LogP contribution in [-0.4, -0.2) is 58.9 Å². The number of benzene rings is 2. The maximum atomic E-state index is 13.7. The molecule has 2 aromatic rings. The van der Waals surface area contributed by atoms with Gasteiger partial charge in [-0.15, -0.1) is 0 Å². The SMILES string of the molecule is Cc1cc(C)cc(NC(=S)N2CCC3(CCN(C(=O)[C@H]4CCCC[C@H]4NC(=O)c4ccccc4)C3)CC2)c1. The van der Waals surface area contributed by atoms with Crippen LogP contribution in [0.5, 0.6) is 0 Å². The number of rotatable bonds is 4. The standard InChI is InChI=1S/C31H40N4O2S/c1-22-18-23(2)20-25(19-22)32-30(38)34-15-12-31(13-16-34)14-17-35(21-31)29(37)26-10-6-7-11-27(26)33-28(36)24-8-4-3-5-9-24/h3-5,8-9,18-20,26-27H,6-7,10-17,21H2,1-2H3,(H,32,38)(H,33,36)/t26-,27+/m0/s1. The van der Waals surface area contributed by atoms with Crippen LogP contribution in [0.15, 0.2) is 48.5 Å². The van der Waals surface area contributed by atoms with E-state index < -0.39 is 0 Å². The lowest BCUT2D eigenvalue weighted by molar-refractivity contribution is -0.136. The van der Waals surface area contributed by atoms with Crippen molar-refractivity contribution in [2.75, 3.05) is 31.5 Å². The Morgan fingerprint density at radius 2 is 1.53 bits per heavy atom. The van der Waals surface area contributed by atoms with Gasteiger partial charge in [-0.3, -0.25) is 9.59 Å². The molecular formula is C31H40N4O2S. The highest BCUT2D eigenvalue weighted by molar-refractivity contribution is 7.80. The minimum absolute atomic E-state index is 0.0778. The van der Waals surface area contributed by atoms with Gasteiger partial charge in [-0.25, -0.2) is 0 Å². The molecule has 2 aromatic carbocycles. The highest BCUT2D eigenvalue weighted by Crippen LogP contribution is 2.41. The van der Waals surface area contributed by atoms with Crippen molar-refractivity contribution < 1.29 is 9.59 Å². The number of carbonyl (C=O) groups excluding carboxylic acids is 2. The molecular weight excluding hydrogens is 492 g/mol. The van der Waals surface area contributed by atoms with Crippen LogP contribution in [0.3, 0.4) is 0 Å². The first-order valence-electron chi connectivity index (χ1n) is 14.1. The third kappa shape index (κ3) is 6.04. The zero-order valence-corrected chi connectivity index (χ0v) is 23.5. The molecule has 0 radical (unpaired) electrons. The van der Waals surface area contributed by atoms with Gasteiger partial charge in [0.1, 0.15) is 0 Å². The van der Waals surface area contributed by atoms with Crippen LogP contribution in [0.1, 0.15) is 66.4 Å². The Morgan fingerprint density at radius 1 is 0.895 bits per heavy atom. The minimum atomic E-state index is -0.124. The Morgan fingerprint density at radius 3 is 2.21 bits per heavy atom. The van der Waals surface area contributed by atoms with E-state index in [0.717, 1.165) is 81.9 Å². The van der Waals surface area contributed by atoms with E-state index in [1.165, 1.54) is 11.1 Å². The Labute approximate surface area is 232 Å². The van der Waals surface area contributed by atoms with Gasteiger partial charge in [0.2, 0.25) is 5.91 Å². The molecule has 2 aliphatic heterocycles. The number of likely N-dealkylation sites (tertiary alicyclic amines) is 2. The van der Waals surface area contributed by atoms with Crippen molar-refractivity contribution >= 4 is 34.8 Å². The molecule has 2 N–H and O–H groups in total. The van der Waals surface area contributed by atoms with Crippen molar-refractivity contribution in [3.8, 4) is 0 Å². The second-order valence-electron chi connectivity index (χ2n) is 11.6. The fourth-order valence-corrected chi connectivity index (χ4v) is 6.94. The number of nitrogens with zero attached hydrogens (tertiary/aromatic N) is 2. The van der Waals surface area contributed by atoms with Crippen LogP contribution in [0.4, 0.5) is 5.69 Å². The van der Waals surface area contributed by atoms with E-state index in [9.17, 15) is 9.59 Å². The molecule has 1 saturated carbocycles. The van der Waals surface area contributed by atoms with Gasteiger partial charge < -0.3 is 20.4 Å². The smallest absolute Gasteiger partial charge is 0.251 e. The zero-order chi connectivity index (χ0) is 26.7. The molecule has 7 heteroatoms. The first-order chi connectivity index (χ1) is 18.3. The normalized spacial score (nSPS) is 22.8.